The fraction of sp³-hybridized carbons (Fsp3) is 0.500. The Labute approximate surface area is 149 Å². The van der Waals surface area contributed by atoms with Gasteiger partial charge in [-0.25, -0.2) is 4.98 Å². The number of rotatable bonds is 7. The summed E-state index contributed by atoms with van der Waals surface area (Å²) >= 11 is 0. The highest BCUT2D eigenvalue weighted by Gasteiger charge is 2.24. The second kappa shape index (κ2) is 8.81. The van der Waals surface area contributed by atoms with Crippen LogP contribution in [0, 0.1) is 5.92 Å². The molecule has 5 heteroatoms. The zero-order valence-electron chi connectivity index (χ0n) is 14.6. The van der Waals surface area contributed by atoms with Crippen LogP contribution in [0.25, 0.3) is 11.3 Å². The Morgan fingerprint density at radius 3 is 2.72 bits per heavy atom. The van der Waals surface area contributed by atoms with Crippen molar-refractivity contribution >= 4 is 5.91 Å². The number of nitrogens with zero attached hydrogens (tertiary/aromatic N) is 1. The number of carbonyl (C=O) groups is 1. The lowest BCUT2D eigenvalue weighted by Crippen LogP contribution is -2.46. The number of oxazole rings is 1. The van der Waals surface area contributed by atoms with Crippen LogP contribution in [0.4, 0.5) is 0 Å². The maximum absolute atomic E-state index is 12.3. The molecule has 3 rings (SSSR count). The van der Waals surface area contributed by atoms with Crippen LogP contribution in [0.15, 0.2) is 40.9 Å². The highest BCUT2D eigenvalue weighted by atomic mass is 16.4. The molecule has 5 nitrogen and oxygen atoms in total. The third-order valence-electron chi connectivity index (χ3n) is 5.00. The van der Waals surface area contributed by atoms with Crippen LogP contribution in [-0.4, -0.2) is 23.5 Å². The van der Waals surface area contributed by atoms with Crippen LogP contribution in [0.1, 0.15) is 44.4 Å². The first-order valence-electron chi connectivity index (χ1n) is 9.26. The van der Waals surface area contributed by atoms with Crippen molar-refractivity contribution in [2.75, 3.05) is 6.54 Å². The first-order valence-corrected chi connectivity index (χ1v) is 9.26. The molecule has 1 atom stereocenters. The molecule has 0 spiro atoms. The van der Waals surface area contributed by atoms with E-state index in [4.69, 9.17) is 10.2 Å². The molecule has 1 fully saturated rings. The molecule has 25 heavy (non-hydrogen) atoms. The number of nitrogens with two attached hydrogens (primary N) is 1. The van der Waals surface area contributed by atoms with Crippen molar-refractivity contribution < 1.29 is 9.21 Å². The third kappa shape index (κ3) is 4.92. The van der Waals surface area contributed by atoms with E-state index in [1.165, 1.54) is 32.1 Å². The summed E-state index contributed by atoms with van der Waals surface area (Å²) in [5, 5.41) is 3.11. The van der Waals surface area contributed by atoms with E-state index in [1.807, 2.05) is 30.3 Å². The molecular formula is C20H27N3O2. The summed E-state index contributed by atoms with van der Waals surface area (Å²) < 4.78 is 5.75. The summed E-state index contributed by atoms with van der Waals surface area (Å²) in [6.45, 7) is 0.508. The van der Waals surface area contributed by atoms with E-state index in [0.29, 0.717) is 31.2 Å². The molecule has 1 heterocycles. The van der Waals surface area contributed by atoms with Crippen molar-refractivity contribution in [3.8, 4) is 11.3 Å². The molecule has 0 aliphatic heterocycles. The van der Waals surface area contributed by atoms with Gasteiger partial charge in [-0.05, 0) is 18.8 Å². The van der Waals surface area contributed by atoms with Crippen LogP contribution in [0.5, 0.6) is 0 Å². The number of hydrogen-bond acceptors (Lipinski definition) is 4. The average Bonchev–Trinajstić information content (AvgIpc) is 3.15. The number of hydrogen-bond donors (Lipinski definition) is 2. The summed E-state index contributed by atoms with van der Waals surface area (Å²) in [6, 6.07) is 9.94. The first-order chi connectivity index (χ1) is 12.3. The Hall–Kier alpha value is -2.14. The molecule has 1 saturated carbocycles. The van der Waals surface area contributed by atoms with Gasteiger partial charge < -0.3 is 15.5 Å². The number of benzene rings is 1. The van der Waals surface area contributed by atoms with Gasteiger partial charge in [-0.1, -0.05) is 49.6 Å². The van der Waals surface area contributed by atoms with E-state index in [0.717, 1.165) is 11.3 Å². The lowest BCUT2D eigenvalue weighted by Gasteiger charge is -2.30. The van der Waals surface area contributed by atoms with Crippen LogP contribution in [0.2, 0.25) is 0 Å². The molecule has 0 saturated heterocycles. The van der Waals surface area contributed by atoms with Gasteiger partial charge in [0.1, 0.15) is 0 Å². The maximum Gasteiger partial charge on any atom is 0.220 e. The van der Waals surface area contributed by atoms with Crippen LogP contribution in [-0.2, 0) is 11.2 Å². The Kier molecular flexibility index (Phi) is 6.23. The van der Waals surface area contributed by atoms with Crippen LogP contribution < -0.4 is 11.1 Å². The molecule has 1 aromatic carbocycles. The zero-order valence-corrected chi connectivity index (χ0v) is 14.6. The third-order valence-corrected chi connectivity index (χ3v) is 5.00. The van der Waals surface area contributed by atoms with Gasteiger partial charge in [0.05, 0.1) is 6.20 Å². The fourth-order valence-electron chi connectivity index (χ4n) is 3.57. The van der Waals surface area contributed by atoms with Gasteiger partial charge in [-0.15, -0.1) is 0 Å². The van der Waals surface area contributed by atoms with Gasteiger partial charge in [0.25, 0.3) is 0 Å². The zero-order chi connectivity index (χ0) is 17.5. The Balaban J connectivity index is 1.49. The molecule has 1 unspecified atom stereocenters. The quantitative estimate of drug-likeness (QED) is 0.809. The molecule has 1 aliphatic rings. The Bertz CT molecular complexity index is 663. The number of carbonyl (C=O) groups excluding carboxylic acids is 1. The second-order valence-electron chi connectivity index (χ2n) is 6.79. The minimum atomic E-state index is 0.0282. The van der Waals surface area contributed by atoms with Crippen molar-refractivity contribution in [1.82, 2.24) is 10.3 Å². The van der Waals surface area contributed by atoms with Crippen LogP contribution in [0.3, 0.4) is 0 Å². The van der Waals surface area contributed by atoms with E-state index >= 15 is 0 Å². The SMILES string of the molecule is NCC(NC(=O)CCc1ncc(-c2ccccc2)o1)C1CCCCC1. The maximum atomic E-state index is 12.3. The fourth-order valence-corrected chi connectivity index (χ4v) is 3.57. The molecule has 1 amide bonds. The van der Waals surface area contributed by atoms with Gasteiger partial charge in [-0.3, -0.25) is 4.79 Å². The van der Waals surface area contributed by atoms with Gasteiger partial charge in [0.2, 0.25) is 5.91 Å². The lowest BCUT2D eigenvalue weighted by atomic mass is 9.84. The van der Waals surface area contributed by atoms with E-state index in [9.17, 15) is 4.79 Å². The summed E-state index contributed by atoms with van der Waals surface area (Å²) in [5.74, 6) is 1.88. The second-order valence-corrected chi connectivity index (χ2v) is 6.79. The predicted molar refractivity (Wildman–Crippen MR) is 97.8 cm³/mol. The molecule has 3 N–H and O–H groups in total. The van der Waals surface area contributed by atoms with E-state index in [1.54, 1.807) is 6.20 Å². The molecule has 0 bridgehead atoms. The largest absolute Gasteiger partial charge is 0.441 e. The molecule has 1 aliphatic carbocycles. The highest BCUT2D eigenvalue weighted by Crippen LogP contribution is 2.26. The van der Waals surface area contributed by atoms with Gasteiger partial charge >= 0.3 is 0 Å². The number of aromatic nitrogens is 1. The van der Waals surface area contributed by atoms with Crippen LogP contribution >= 0.6 is 0 Å². The molecule has 0 radical (unpaired) electrons. The molecule has 134 valence electrons. The summed E-state index contributed by atoms with van der Waals surface area (Å²) in [7, 11) is 0. The smallest absolute Gasteiger partial charge is 0.220 e. The summed E-state index contributed by atoms with van der Waals surface area (Å²) in [6.07, 6.45) is 8.72. The van der Waals surface area contributed by atoms with E-state index < -0.39 is 0 Å². The van der Waals surface area contributed by atoms with E-state index in [-0.39, 0.29) is 11.9 Å². The molecule has 2 aromatic rings. The monoisotopic (exact) mass is 341 g/mol. The summed E-state index contributed by atoms with van der Waals surface area (Å²) in [4.78, 5) is 16.6. The van der Waals surface area contributed by atoms with Gasteiger partial charge in [-0.2, -0.15) is 0 Å². The van der Waals surface area contributed by atoms with Crippen molar-refractivity contribution in [2.45, 2.75) is 51.0 Å². The highest BCUT2D eigenvalue weighted by molar-refractivity contribution is 5.76. The first kappa shape index (κ1) is 17.7. The average molecular weight is 341 g/mol. The molecular weight excluding hydrogens is 314 g/mol. The topological polar surface area (TPSA) is 81.1 Å². The minimum absolute atomic E-state index is 0.0282. The number of aryl methyl sites for hydroxylation is 1. The lowest BCUT2D eigenvalue weighted by molar-refractivity contribution is -0.122. The molecule has 1 aromatic heterocycles. The number of amides is 1. The minimum Gasteiger partial charge on any atom is -0.441 e. The van der Waals surface area contributed by atoms with Crippen molar-refractivity contribution in [2.24, 2.45) is 11.7 Å². The van der Waals surface area contributed by atoms with Crippen molar-refractivity contribution in [3.63, 3.8) is 0 Å². The van der Waals surface area contributed by atoms with E-state index in [2.05, 4.69) is 10.3 Å². The Morgan fingerprint density at radius 1 is 1.24 bits per heavy atom. The predicted octanol–water partition coefficient (Wildman–Crippen LogP) is 3.30. The normalized spacial score (nSPS) is 16.5. The van der Waals surface area contributed by atoms with Crippen molar-refractivity contribution in [3.05, 3.63) is 42.4 Å². The Morgan fingerprint density at radius 2 is 2.00 bits per heavy atom. The van der Waals surface area contributed by atoms with Gasteiger partial charge in [0.15, 0.2) is 11.7 Å². The number of nitrogens with one attached hydrogen (secondary N) is 1. The van der Waals surface area contributed by atoms with Gasteiger partial charge in [0, 0.05) is 31.0 Å². The standard InChI is InChI=1S/C20H27N3O2/c21-13-17(15-7-3-1-4-8-15)23-19(24)11-12-20-22-14-18(25-20)16-9-5-2-6-10-16/h2,5-6,9-10,14-15,17H,1,3-4,7-8,11-13,21H2,(H,23,24). The summed E-state index contributed by atoms with van der Waals surface area (Å²) in [5.41, 5.74) is 6.87. The van der Waals surface area contributed by atoms with Crippen molar-refractivity contribution in [1.29, 1.82) is 0 Å².